The van der Waals surface area contributed by atoms with Crippen molar-refractivity contribution in [3.63, 3.8) is 0 Å². The zero-order chi connectivity index (χ0) is 77.7. The normalized spacial score (nSPS) is 18.0. The van der Waals surface area contributed by atoms with Crippen LogP contribution in [-0.2, 0) is 0 Å². The van der Waals surface area contributed by atoms with Gasteiger partial charge in [-0.1, -0.05) is 450 Å². The van der Waals surface area contributed by atoms with E-state index in [4.69, 9.17) is 0 Å². The van der Waals surface area contributed by atoms with Crippen LogP contribution in [0.1, 0.15) is 442 Å². The Hall–Kier alpha value is -2.08. The van der Waals surface area contributed by atoms with Crippen molar-refractivity contribution < 1.29 is 0 Å². The van der Waals surface area contributed by atoms with Crippen LogP contribution in [0.15, 0.2) is 94.2 Å². The highest BCUT2D eigenvalue weighted by Crippen LogP contribution is 2.59. The molecule has 3 aliphatic rings. The van der Waals surface area contributed by atoms with Gasteiger partial charge in [0.25, 0.3) is 0 Å². The third-order valence-electron chi connectivity index (χ3n) is 20.6. The average Bonchev–Trinajstić information content (AvgIpc) is 1.61. The molecule has 0 heterocycles. The van der Waals surface area contributed by atoms with E-state index in [2.05, 4.69) is 400 Å². The summed E-state index contributed by atoms with van der Waals surface area (Å²) >= 11 is 0. The van der Waals surface area contributed by atoms with Crippen LogP contribution in [-0.4, -0.2) is 0 Å². The molecule has 5 atom stereocenters. The third-order valence-corrected chi connectivity index (χ3v) is 20.6. The number of rotatable bonds is 12. The van der Waals surface area contributed by atoms with E-state index in [1.807, 2.05) is 0 Å². The van der Waals surface area contributed by atoms with Crippen molar-refractivity contribution in [1.82, 2.24) is 0 Å². The summed E-state index contributed by atoms with van der Waals surface area (Å²) < 4.78 is 0. The molecule has 618 valence electrons. The highest BCUT2D eigenvalue weighted by molar-refractivity contribution is 5.20. The molecular formula is C102H210. The Morgan fingerprint density at radius 2 is 0.755 bits per heavy atom. The lowest BCUT2D eigenvalue weighted by Gasteiger charge is -2.36. The fraction of sp³-hybridized carbons (Fsp3) is 0.843. The number of allylic oxidation sites excluding steroid dienone is 16. The Labute approximate surface area is 656 Å². The average molecular weight is 1440 g/mol. The molecule has 0 amide bonds. The second-order valence-electron chi connectivity index (χ2n) is 43.9. The minimum atomic E-state index is 0. The van der Waals surface area contributed by atoms with Crippen LogP contribution in [0.2, 0.25) is 0 Å². The SMILES string of the molecule is C.C.C.C.C.C.C/C(=C\C(C)C(C)(C)C)C(C)C.C/C(=C\C(C)C)C(C)C(C)(C)C.C/C(=C\C(C)C)CC(C)(C)C.C/C(=C\CC(C)(C)C)C(C)C.CC(C)(C)C1=CC(C(C)(C)C)CC1.CC(C)(C)C1=CC(C(C)(C)C)CCC1.CC(C)/C=C/C(C)C(C)(C)C.CC(C)/C=C/C1(C(C)(C)C)CC1. The summed E-state index contributed by atoms with van der Waals surface area (Å²) in [5.74, 6) is 7.74. The summed E-state index contributed by atoms with van der Waals surface area (Å²) in [6, 6.07) is 0. The molecule has 3 aliphatic carbocycles. The van der Waals surface area contributed by atoms with Crippen LogP contribution >= 0.6 is 0 Å². The van der Waals surface area contributed by atoms with Gasteiger partial charge in [-0.2, -0.15) is 0 Å². The van der Waals surface area contributed by atoms with Gasteiger partial charge in [-0.3, -0.25) is 0 Å². The van der Waals surface area contributed by atoms with Crippen molar-refractivity contribution in [2.24, 2.45) is 125 Å². The first-order chi connectivity index (χ1) is 42.3. The summed E-state index contributed by atoms with van der Waals surface area (Å²) in [5, 5.41) is 0. The Bertz CT molecular complexity index is 2290. The van der Waals surface area contributed by atoms with E-state index < -0.39 is 0 Å². The first-order valence-electron chi connectivity index (χ1n) is 39.8. The van der Waals surface area contributed by atoms with Crippen molar-refractivity contribution in [2.75, 3.05) is 0 Å². The lowest BCUT2D eigenvalue weighted by atomic mass is 9.70. The lowest BCUT2D eigenvalue weighted by Crippen LogP contribution is -2.24. The second-order valence-corrected chi connectivity index (χ2v) is 43.9. The monoisotopic (exact) mass is 1440 g/mol. The van der Waals surface area contributed by atoms with E-state index in [1.54, 1.807) is 11.1 Å². The van der Waals surface area contributed by atoms with E-state index in [0.717, 1.165) is 11.8 Å². The van der Waals surface area contributed by atoms with Gasteiger partial charge in [0, 0.05) is 0 Å². The third kappa shape index (κ3) is 65.0. The van der Waals surface area contributed by atoms with Crippen molar-refractivity contribution in [1.29, 1.82) is 0 Å². The fourth-order valence-electron chi connectivity index (χ4n) is 11.0. The maximum Gasteiger partial charge on any atom is -0.00690 e. The largest absolute Gasteiger partial charge is 0.0857 e. The van der Waals surface area contributed by atoms with Gasteiger partial charge < -0.3 is 0 Å². The molecule has 3 rings (SSSR count). The second kappa shape index (κ2) is 52.9. The van der Waals surface area contributed by atoms with Crippen LogP contribution in [0.25, 0.3) is 0 Å². The van der Waals surface area contributed by atoms with E-state index in [1.165, 1.54) is 80.1 Å². The van der Waals surface area contributed by atoms with Crippen molar-refractivity contribution in [2.45, 2.75) is 442 Å². The van der Waals surface area contributed by atoms with Crippen LogP contribution in [0, 0.1) is 125 Å². The smallest absolute Gasteiger partial charge is 0.00690 e. The Kier molecular flexibility index (Phi) is 64.1. The Morgan fingerprint density at radius 1 is 0.392 bits per heavy atom. The van der Waals surface area contributed by atoms with Gasteiger partial charge in [0.05, 0.1) is 0 Å². The molecule has 0 nitrogen and oxygen atoms in total. The van der Waals surface area contributed by atoms with Gasteiger partial charge in [-0.05, 0) is 210 Å². The summed E-state index contributed by atoms with van der Waals surface area (Å²) in [4.78, 5) is 0. The molecule has 0 bridgehead atoms. The van der Waals surface area contributed by atoms with Crippen LogP contribution in [0.4, 0.5) is 0 Å². The Balaban J connectivity index is -0.000000102. The van der Waals surface area contributed by atoms with E-state index in [9.17, 15) is 0 Å². The summed E-state index contributed by atoms with van der Waals surface area (Å²) in [7, 11) is 0. The molecule has 0 aliphatic heterocycles. The van der Waals surface area contributed by atoms with Gasteiger partial charge >= 0.3 is 0 Å². The molecular weight excluding hydrogens is 1230 g/mol. The van der Waals surface area contributed by atoms with Crippen LogP contribution in [0.5, 0.6) is 0 Å². The van der Waals surface area contributed by atoms with E-state index >= 15 is 0 Å². The molecule has 0 aromatic rings. The highest BCUT2D eigenvalue weighted by atomic mass is 14.5. The van der Waals surface area contributed by atoms with E-state index in [-0.39, 0.29) is 44.6 Å². The predicted octanol–water partition coefficient (Wildman–Crippen LogP) is 37.5. The molecule has 0 saturated heterocycles. The number of hydrogen-bond donors (Lipinski definition) is 0. The van der Waals surface area contributed by atoms with Gasteiger partial charge in [0.15, 0.2) is 0 Å². The Morgan fingerprint density at radius 3 is 1.01 bits per heavy atom. The minimum Gasteiger partial charge on any atom is -0.0857 e. The first-order valence-corrected chi connectivity index (χ1v) is 39.8. The fourth-order valence-corrected chi connectivity index (χ4v) is 11.0. The van der Waals surface area contributed by atoms with Gasteiger partial charge in [0.1, 0.15) is 0 Å². The molecule has 0 spiro atoms. The van der Waals surface area contributed by atoms with Gasteiger partial charge in [0.2, 0.25) is 0 Å². The zero-order valence-electron chi connectivity index (χ0n) is 76.0. The molecule has 1 fully saturated rings. The molecule has 0 radical (unpaired) electrons. The van der Waals surface area contributed by atoms with E-state index in [0.29, 0.717) is 113 Å². The lowest BCUT2D eigenvalue weighted by molar-refractivity contribution is 0.255. The molecule has 0 aromatic carbocycles. The van der Waals surface area contributed by atoms with Gasteiger partial charge in [-0.25, -0.2) is 0 Å². The molecule has 1 saturated carbocycles. The predicted molar refractivity (Wildman–Crippen MR) is 492 cm³/mol. The zero-order valence-corrected chi connectivity index (χ0v) is 76.0. The first kappa shape index (κ1) is 124. The summed E-state index contributed by atoms with van der Waals surface area (Å²) in [6.45, 7) is 112. The molecule has 102 heavy (non-hydrogen) atoms. The molecule has 5 unspecified atom stereocenters. The van der Waals surface area contributed by atoms with Crippen molar-refractivity contribution in [3.8, 4) is 0 Å². The van der Waals surface area contributed by atoms with Crippen molar-refractivity contribution >= 4 is 0 Å². The summed E-state index contributed by atoms with van der Waals surface area (Å²) in [6.07, 6.45) is 35.9. The van der Waals surface area contributed by atoms with Crippen LogP contribution < -0.4 is 0 Å². The standard InChI is InChI=1S/C14H26.C13H24.C12H22.2C12H24.3C11H22.6CH4/c1-13(2,3)11-8-7-9-12(10-11)14(4,5)6;1-12(2,3)10-7-8-11(9-10)13(4,5)6;1-10(2)6-7-12(8-9-12)11(3,4)5;1-9(2)10(3)8-11(4)12(5,6)7;1-9(2)8-10(3)11(4)12(5,6)7;1-9(2)7-10(3)8-11(4,5)6;1-9(2)10(3)7-8-11(4,5)6;1-9(2)7-8-10(3)11(4,5)6;;;;;;/h10-11H,7-9H2,1-6H3;9-10H,7-8H2,1-6H3;6-7,10H,8-9H2,1-5H3;2*8-9,11H,1-7H3;2*7,9H,8H2,1-6H3;7-10H,1-6H3;6*1H4/b;;7-6+;2*10-8+;2*10-7+;8-7+;;;;;;. The molecule has 0 heteroatoms. The molecule has 0 aromatic heterocycles. The summed E-state index contributed by atoms with van der Waals surface area (Å²) in [5.41, 5.74) is 14.1. The molecule has 0 N–H and O–H groups in total. The maximum absolute atomic E-state index is 2.56. The van der Waals surface area contributed by atoms with Crippen LogP contribution in [0.3, 0.4) is 0 Å². The van der Waals surface area contributed by atoms with Crippen molar-refractivity contribution in [3.05, 3.63) is 94.2 Å². The number of hydrogen-bond acceptors (Lipinski definition) is 0. The topological polar surface area (TPSA) is 0 Å². The van der Waals surface area contributed by atoms with Gasteiger partial charge in [-0.15, -0.1) is 0 Å². The quantitative estimate of drug-likeness (QED) is 0.171. The maximum atomic E-state index is 2.56. The highest BCUT2D eigenvalue weighted by Gasteiger charge is 2.49. The minimum absolute atomic E-state index is 0.